The van der Waals surface area contributed by atoms with E-state index in [9.17, 15) is 19.5 Å². The summed E-state index contributed by atoms with van der Waals surface area (Å²) in [6.45, 7) is 0.197. The molecule has 1 aliphatic rings. The zero-order chi connectivity index (χ0) is 17.9. The molecule has 1 N–H and O–H groups in total. The van der Waals surface area contributed by atoms with Gasteiger partial charge in [-0.15, -0.1) is 0 Å². The van der Waals surface area contributed by atoms with Crippen molar-refractivity contribution < 1.29 is 19.5 Å². The zero-order valence-corrected chi connectivity index (χ0v) is 13.6. The van der Waals surface area contributed by atoms with Gasteiger partial charge in [-0.1, -0.05) is 36.4 Å². The molecule has 2 aromatic rings. The van der Waals surface area contributed by atoms with Crippen molar-refractivity contribution in [2.24, 2.45) is 0 Å². The maximum Gasteiger partial charge on any atom is 0.304 e. The SMILES string of the molecule is O=C(O)CC1(c2ccccc2)CC(=O)N(CCc2ccccn2)C1=O. The van der Waals surface area contributed by atoms with Gasteiger partial charge in [0.1, 0.15) is 0 Å². The van der Waals surface area contributed by atoms with E-state index in [-0.39, 0.29) is 18.9 Å². The molecule has 25 heavy (non-hydrogen) atoms. The normalized spacial score (nSPS) is 20.1. The Kier molecular flexibility index (Phi) is 4.61. The Morgan fingerprint density at radius 3 is 2.48 bits per heavy atom. The minimum absolute atomic E-state index is 0.121. The lowest BCUT2D eigenvalue weighted by molar-refractivity contribution is -0.145. The van der Waals surface area contributed by atoms with E-state index in [1.54, 1.807) is 42.6 Å². The fraction of sp³-hybridized carbons (Fsp3) is 0.263. The molecule has 128 valence electrons. The minimum atomic E-state index is -1.33. The molecular formula is C19H18N2O4. The molecule has 1 aromatic heterocycles. The van der Waals surface area contributed by atoms with Crippen LogP contribution in [0.25, 0.3) is 0 Å². The van der Waals surface area contributed by atoms with Crippen LogP contribution in [0.15, 0.2) is 54.7 Å². The molecule has 0 aliphatic carbocycles. The number of carbonyl (C=O) groups excluding carboxylic acids is 2. The predicted octanol–water partition coefficient (Wildman–Crippen LogP) is 1.80. The van der Waals surface area contributed by atoms with Crippen LogP contribution in [0.3, 0.4) is 0 Å². The lowest BCUT2D eigenvalue weighted by Gasteiger charge is -2.25. The number of carboxylic acid groups (broad SMARTS) is 1. The molecule has 1 fully saturated rings. The van der Waals surface area contributed by atoms with Gasteiger partial charge in [-0.25, -0.2) is 0 Å². The van der Waals surface area contributed by atoms with Gasteiger partial charge in [-0.05, 0) is 17.7 Å². The summed E-state index contributed by atoms with van der Waals surface area (Å²) < 4.78 is 0. The van der Waals surface area contributed by atoms with Gasteiger partial charge in [0.25, 0.3) is 0 Å². The molecule has 0 bridgehead atoms. The van der Waals surface area contributed by atoms with Crippen molar-refractivity contribution >= 4 is 17.8 Å². The molecule has 3 rings (SSSR count). The Bertz CT molecular complexity index is 792. The third-order valence-electron chi connectivity index (χ3n) is 4.51. The number of hydrogen-bond acceptors (Lipinski definition) is 4. The number of aromatic nitrogens is 1. The number of carboxylic acids is 1. The molecule has 2 heterocycles. The second-order valence-electron chi connectivity index (χ2n) is 6.12. The maximum atomic E-state index is 13.0. The summed E-state index contributed by atoms with van der Waals surface area (Å²) in [6, 6.07) is 14.1. The van der Waals surface area contributed by atoms with Gasteiger partial charge in [0.15, 0.2) is 0 Å². The molecule has 1 atom stereocenters. The molecule has 1 unspecified atom stereocenters. The monoisotopic (exact) mass is 338 g/mol. The van der Waals surface area contributed by atoms with Crippen molar-refractivity contribution in [3.05, 3.63) is 66.0 Å². The van der Waals surface area contributed by atoms with E-state index in [2.05, 4.69) is 4.98 Å². The maximum absolute atomic E-state index is 13.0. The van der Waals surface area contributed by atoms with E-state index >= 15 is 0 Å². The topological polar surface area (TPSA) is 87.6 Å². The summed E-state index contributed by atoms with van der Waals surface area (Å²) in [5.74, 6) is -1.88. The van der Waals surface area contributed by atoms with Crippen molar-refractivity contribution in [2.45, 2.75) is 24.7 Å². The lowest BCUT2D eigenvalue weighted by Crippen LogP contribution is -2.40. The van der Waals surface area contributed by atoms with E-state index in [0.29, 0.717) is 12.0 Å². The highest BCUT2D eigenvalue weighted by Gasteiger charge is 2.53. The fourth-order valence-corrected chi connectivity index (χ4v) is 3.28. The first-order chi connectivity index (χ1) is 12.0. The first-order valence-electron chi connectivity index (χ1n) is 8.05. The van der Waals surface area contributed by atoms with Gasteiger partial charge >= 0.3 is 5.97 Å². The number of aliphatic carboxylic acids is 1. The number of rotatable bonds is 6. The summed E-state index contributed by atoms with van der Waals surface area (Å²) in [6.07, 6.45) is 1.57. The second-order valence-corrected chi connectivity index (χ2v) is 6.12. The van der Waals surface area contributed by atoms with Gasteiger partial charge in [-0.2, -0.15) is 0 Å². The van der Waals surface area contributed by atoms with Gasteiger partial charge in [0.05, 0.1) is 11.8 Å². The number of amides is 2. The van der Waals surface area contributed by atoms with Crippen LogP contribution in [-0.4, -0.2) is 39.3 Å². The van der Waals surface area contributed by atoms with Gasteiger partial charge < -0.3 is 5.11 Å². The molecule has 1 saturated heterocycles. The molecule has 6 nitrogen and oxygen atoms in total. The first-order valence-corrected chi connectivity index (χ1v) is 8.05. The van der Waals surface area contributed by atoms with Crippen LogP contribution in [0.1, 0.15) is 24.1 Å². The number of likely N-dealkylation sites (tertiary alicyclic amines) is 1. The largest absolute Gasteiger partial charge is 0.481 e. The number of carbonyl (C=O) groups is 3. The van der Waals surface area contributed by atoms with E-state index in [1.807, 2.05) is 12.1 Å². The number of pyridine rings is 1. The minimum Gasteiger partial charge on any atom is -0.481 e. The van der Waals surface area contributed by atoms with E-state index in [1.165, 1.54) is 4.90 Å². The average Bonchev–Trinajstić information content (AvgIpc) is 2.85. The standard InChI is InChI=1S/C19H18N2O4/c22-16-12-19(13-17(23)24,14-6-2-1-3-7-14)18(25)21(16)11-9-15-8-4-5-10-20-15/h1-8,10H,9,11-13H2,(H,23,24). The van der Waals surface area contributed by atoms with Crippen LogP contribution in [0.5, 0.6) is 0 Å². The lowest BCUT2D eigenvalue weighted by atomic mass is 9.76. The van der Waals surface area contributed by atoms with Crippen LogP contribution in [0.4, 0.5) is 0 Å². The van der Waals surface area contributed by atoms with E-state index in [4.69, 9.17) is 0 Å². The van der Waals surface area contributed by atoms with Gasteiger partial charge in [0, 0.05) is 31.3 Å². The Hall–Kier alpha value is -3.02. The van der Waals surface area contributed by atoms with Crippen molar-refractivity contribution in [3.63, 3.8) is 0 Å². The van der Waals surface area contributed by atoms with Crippen LogP contribution < -0.4 is 0 Å². The summed E-state index contributed by atoms with van der Waals surface area (Å²) in [7, 11) is 0. The predicted molar refractivity (Wildman–Crippen MR) is 89.7 cm³/mol. The molecule has 6 heteroatoms. The van der Waals surface area contributed by atoms with Crippen molar-refractivity contribution in [2.75, 3.05) is 6.54 Å². The summed E-state index contributed by atoms with van der Waals surface area (Å²) in [4.78, 5) is 42.2. The average molecular weight is 338 g/mol. The number of nitrogens with zero attached hydrogens (tertiary/aromatic N) is 2. The molecular weight excluding hydrogens is 320 g/mol. The highest BCUT2D eigenvalue weighted by atomic mass is 16.4. The third kappa shape index (κ3) is 3.28. The molecule has 0 spiro atoms. The first kappa shape index (κ1) is 16.8. The third-order valence-corrected chi connectivity index (χ3v) is 4.51. The second kappa shape index (κ2) is 6.84. The number of imide groups is 1. The molecule has 2 amide bonds. The van der Waals surface area contributed by atoms with Crippen molar-refractivity contribution in [3.8, 4) is 0 Å². The molecule has 1 aromatic carbocycles. The summed E-state index contributed by atoms with van der Waals surface area (Å²) in [5, 5.41) is 9.31. The van der Waals surface area contributed by atoms with Crippen LogP contribution in [0.2, 0.25) is 0 Å². The van der Waals surface area contributed by atoms with E-state index in [0.717, 1.165) is 5.69 Å². The highest BCUT2D eigenvalue weighted by molar-refractivity contribution is 6.10. The van der Waals surface area contributed by atoms with Crippen molar-refractivity contribution in [1.29, 1.82) is 0 Å². The quantitative estimate of drug-likeness (QED) is 0.812. The highest BCUT2D eigenvalue weighted by Crippen LogP contribution is 2.39. The molecule has 0 saturated carbocycles. The fourth-order valence-electron chi connectivity index (χ4n) is 3.28. The van der Waals surface area contributed by atoms with Gasteiger partial charge in [0.2, 0.25) is 11.8 Å². The van der Waals surface area contributed by atoms with Crippen LogP contribution in [-0.2, 0) is 26.2 Å². The summed E-state index contributed by atoms with van der Waals surface area (Å²) >= 11 is 0. The Morgan fingerprint density at radius 2 is 1.84 bits per heavy atom. The Balaban J connectivity index is 1.87. The summed E-state index contributed by atoms with van der Waals surface area (Å²) in [5.41, 5.74) is 0.0171. The molecule has 1 aliphatic heterocycles. The van der Waals surface area contributed by atoms with Crippen molar-refractivity contribution in [1.82, 2.24) is 9.88 Å². The van der Waals surface area contributed by atoms with E-state index < -0.39 is 23.7 Å². The molecule has 0 radical (unpaired) electrons. The van der Waals surface area contributed by atoms with Gasteiger partial charge in [-0.3, -0.25) is 24.3 Å². The number of benzene rings is 1. The smallest absolute Gasteiger partial charge is 0.304 e. The number of hydrogen-bond donors (Lipinski definition) is 1. The van der Waals surface area contributed by atoms with Crippen LogP contribution >= 0.6 is 0 Å². The zero-order valence-electron chi connectivity index (χ0n) is 13.6. The Morgan fingerprint density at radius 1 is 1.12 bits per heavy atom. The Labute approximate surface area is 145 Å². The van der Waals surface area contributed by atoms with Crippen LogP contribution in [0, 0.1) is 0 Å².